The standard InChI is InChI=1S/C25H32N4O7/c1-3-29(18-8-12-19(35-2)13-9-18)25(34)24(28-22(31)15-14-21(26)30)27-17-6-10-20(11-7-17)36-16-4-5-23(32)33/h6-13,24,27H,3-5,14-16H2,1-2H3,(H2,26,30)(H,28,31)(H,32,33). The van der Waals surface area contributed by atoms with E-state index in [1.165, 1.54) is 4.90 Å². The van der Waals surface area contributed by atoms with Crippen molar-refractivity contribution in [1.82, 2.24) is 5.32 Å². The maximum absolute atomic E-state index is 13.5. The Morgan fingerprint density at radius 2 is 1.61 bits per heavy atom. The number of rotatable bonds is 15. The van der Waals surface area contributed by atoms with E-state index in [2.05, 4.69) is 10.6 Å². The van der Waals surface area contributed by atoms with Crippen molar-refractivity contribution in [1.29, 1.82) is 0 Å². The molecule has 0 radical (unpaired) electrons. The summed E-state index contributed by atoms with van der Waals surface area (Å²) in [6.07, 6.45) is -1.03. The van der Waals surface area contributed by atoms with Crippen LogP contribution in [0.3, 0.4) is 0 Å². The lowest BCUT2D eigenvalue weighted by Gasteiger charge is -2.28. The second-order valence-electron chi connectivity index (χ2n) is 7.76. The van der Waals surface area contributed by atoms with Crippen LogP contribution in [0.2, 0.25) is 0 Å². The predicted octanol–water partition coefficient (Wildman–Crippen LogP) is 2.11. The number of carboxylic acid groups (broad SMARTS) is 1. The first-order valence-corrected chi connectivity index (χ1v) is 11.5. The minimum atomic E-state index is -1.13. The van der Waals surface area contributed by atoms with Crippen LogP contribution in [0, 0.1) is 0 Å². The molecule has 1 atom stereocenters. The van der Waals surface area contributed by atoms with Gasteiger partial charge in [-0.05, 0) is 61.9 Å². The monoisotopic (exact) mass is 500 g/mol. The van der Waals surface area contributed by atoms with Gasteiger partial charge < -0.3 is 35.8 Å². The van der Waals surface area contributed by atoms with Gasteiger partial charge in [-0.15, -0.1) is 0 Å². The highest BCUT2D eigenvalue weighted by atomic mass is 16.5. The van der Waals surface area contributed by atoms with E-state index in [0.717, 1.165) is 0 Å². The van der Waals surface area contributed by atoms with E-state index in [1.54, 1.807) is 55.6 Å². The number of primary amides is 1. The molecule has 2 aromatic rings. The van der Waals surface area contributed by atoms with Crippen LogP contribution in [0.1, 0.15) is 32.6 Å². The third-order valence-corrected chi connectivity index (χ3v) is 5.09. The van der Waals surface area contributed by atoms with Gasteiger partial charge in [0.15, 0.2) is 6.17 Å². The van der Waals surface area contributed by atoms with Gasteiger partial charge in [-0.1, -0.05) is 0 Å². The lowest BCUT2D eigenvalue weighted by molar-refractivity contribution is -0.137. The first kappa shape index (κ1) is 28.0. The van der Waals surface area contributed by atoms with Crippen molar-refractivity contribution >= 4 is 35.1 Å². The number of anilines is 2. The number of methoxy groups -OCH3 is 1. The molecule has 2 aromatic carbocycles. The maximum atomic E-state index is 13.5. The van der Waals surface area contributed by atoms with E-state index in [-0.39, 0.29) is 25.9 Å². The lowest BCUT2D eigenvalue weighted by atomic mass is 10.2. The molecule has 2 rings (SSSR count). The van der Waals surface area contributed by atoms with E-state index in [9.17, 15) is 19.2 Å². The number of carbonyl (C=O) groups excluding carboxylic acids is 3. The first-order chi connectivity index (χ1) is 17.2. The summed E-state index contributed by atoms with van der Waals surface area (Å²) in [5, 5.41) is 14.3. The molecule has 11 heteroatoms. The Morgan fingerprint density at radius 3 is 2.17 bits per heavy atom. The van der Waals surface area contributed by atoms with Crippen LogP contribution >= 0.6 is 0 Å². The number of amides is 3. The van der Waals surface area contributed by atoms with Crippen molar-refractivity contribution in [3.05, 3.63) is 48.5 Å². The molecule has 1 unspecified atom stereocenters. The normalized spacial score (nSPS) is 11.2. The molecule has 0 bridgehead atoms. The zero-order valence-corrected chi connectivity index (χ0v) is 20.4. The van der Waals surface area contributed by atoms with Crippen LogP contribution in [0.25, 0.3) is 0 Å². The molecule has 0 aliphatic heterocycles. The molecule has 3 amide bonds. The van der Waals surface area contributed by atoms with Crippen LogP contribution < -0.4 is 30.7 Å². The van der Waals surface area contributed by atoms with E-state index >= 15 is 0 Å². The van der Waals surface area contributed by atoms with Crippen molar-refractivity contribution in [2.24, 2.45) is 5.73 Å². The van der Waals surface area contributed by atoms with Crippen LogP contribution in [-0.4, -0.2) is 55.2 Å². The van der Waals surface area contributed by atoms with Crippen LogP contribution in [0.4, 0.5) is 11.4 Å². The molecule has 0 aliphatic carbocycles. The molecule has 0 aromatic heterocycles. The smallest absolute Gasteiger partial charge is 0.303 e. The summed E-state index contributed by atoms with van der Waals surface area (Å²) in [7, 11) is 1.55. The number of nitrogens with zero attached hydrogens (tertiary/aromatic N) is 1. The van der Waals surface area contributed by atoms with Gasteiger partial charge in [0.05, 0.1) is 13.7 Å². The maximum Gasteiger partial charge on any atom is 0.303 e. The fourth-order valence-electron chi connectivity index (χ4n) is 3.24. The Morgan fingerprint density at radius 1 is 0.972 bits per heavy atom. The summed E-state index contributed by atoms with van der Waals surface area (Å²) in [6, 6.07) is 13.6. The first-order valence-electron chi connectivity index (χ1n) is 11.5. The van der Waals surface area contributed by atoms with Crippen molar-refractivity contribution in [2.45, 2.75) is 38.8 Å². The Bertz CT molecular complexity index is 1030. The molecule has 0 heterocycles. The fourth-order valence-corrected chi connectivity index (χ4v) is 3.24. The van der Waals surface area contributed by atoms with Gasteiger partial charge in [0.1, 0.15) is 11.5 Å². The summed E-state index contributed by atoms with van der Waals surface area (Å²) < 4.78 is 10.7. The van der Waals surface area contributed by atoms with Crippen molar-refractivity contribution in [3.8, 4) is 11.5 Å². The van der Waals surface area contributed by atoms with Crippen LogP contribution in [0.5, 0.6) is 11.5 Å². The quantitative estimate of drug-likeness (QED) is 0.214. The van der Waals surface area contributed by atoms with Gasteiger partial charge in [-0.3, -0.25) is 19.2 Å². The SMILES string of the molecule is CCN(C(=O)C(NC(=O)CCC(N)=O)Nc1ccc(OCCCC(=O)O)cc1)c1ccc(OC)cc1. The zero-order chi connectivity index (χ0) is 26.5. The highest BCUT2D eigenvalue weighted by Crippen LogP contribution is 2.21. The summed E-state index contributed by atoms with van der Waals surface area (Å²) in [5.41, 5.74) is 6.29. The summed E-state index contributed by atoms with van der Waals surface area (Å²) in [4.78, 5) is 49.1. The number of carboxylic acids is 1. The predicted molar refractivity (Wildman–Crippen MR) is 134 cm³/mol. The second-order valence-corrected chi connectivity index (χ2v) is 7.76. The van der Waals surface area contributed by atoms with Gasteiger partial charge in [-0.25, -0.2) is 0 Å². The van der Waals surface area contributed by atoms with Gasteiger partial charge in [0, 0.05) is 37.2 Å². The number of likely N-dealkylation sites (N-methyl/N-ethyl adjacent to an activating group) is 1. The molecule has 36 heavy (non-hydrogen) atoms. The fraction of sp³-hybridized carbons (Fsp3) is 0.360. The molecule has 0 aliphatic rings. The highest BCUT2D eigenvalue weighted by Gasteiger charge is 2.26. The highest BCUT2D eigenvalue weighted by molar-refractivity contribution is 6.00. The average Bonchev–Trinajstić information content (AvgIpc) is 2.86. The molecule has 5 N–H and O–H groups in total. The Balaban J connectivity index is 2.16. The Kier molecular flexibility index (Phi) is 11.0. The summed E-state index contributed by atoms with van der Waals surface area (Å²) in [5.74, 6) is -1.25. The third kappa shape index (κ3) is 9.16. The number of carbonyl (C=O) groups is 4. The van der Waals surface area contributed by atoms with E-state index in [4.69, 9.17) is 20.3 Å². The molecule has 194 valence electrons. The average molecular weight is 501 g/mol. The van der Waals surface area contributed by atoms with Gasteiger partial charge in [0.2, 0.25) is 11.8 Å². The molecule has 11 nitrogen and oxygen atoms in total. The van der Waals surface area contributed by atoms with Crippen molar-refractivity contribution in [2.75, 3.05) is 30.5 Å². The largest absolute Gasteiger partial charge is 0.497 e. The number of ether oxygens (including phenoxy) is 2. The van der Waals surface area contributed by atoms with Gasteiger partial charge in [-0.2, -0.15) is 0 Å². The molecule has 0 saturated heterocycles. The summed E-state index contributed by atoms with van der Waals surface area (Å²) >= 11 is 0. The number of hydrogen-bond donors (Lipinski definition) is 4. The zero-order valence-electron chi connectivity index (χ0n) is 20.4. The Hall–Kier alpha value is -4.28. The third-order valence-electron chi connectivity index (χ3n) is 5.09. The van der Waals surface area contributed by atoms with Crippen LogP contribution in [0.15, 0.2) is 48.5 Å². The van der Waals surface area contributed by atoms with Crippen molar-refractivity contribution in [3.63, 3.8) is 0 Å². The molecular formula is C25H32N4O7. The molecule has 0 spiro atoms. The number of hydrogen-bond acceptors (Lipinski definition) is 7. The second kappa shape index (κ2) is 14.2. The summed E-state index contributed by atoms with van der Waals surface area (Å²) in [6.45, 7) is 2.40. The Labute approximate surface area is 209 Å². The van der Waals surface area contributed by atoms with Crippen LogP contribution in [-0.2, 0) is 19.2 Å². The van der Waals surface area contributed by atoms with E-state index in [1.807, 2.05) is 6.92 Å². The number of nitrogens with two attached hydrogens (primary N) is 1. The van der Waals surface area contributed by atoms with E-state index in [0.29, 0.717) is 35.8 Å². The number of benzene rings is 2. The molecular weight excluding hydrogens is 468 g/mol. The van der Waals surface area contributed by atoms with Gasteiger partial charge in [0.25, 0.3) is 5.91 Å². The topological polar surface area (TPSA) is 160 Å². The minimum Gasteiger partial charge on any atom is -0.497 e. The minimum absolute atomic E-state index is 0.0149. The molecule has 0 fully saturated rings. The van der Waals surface area contributed by atoms with Gasteiger partial charge >= 0.3 is 5.97 Å². The number of aliphatic carboxylic acids is 1. The lowest BCUT2D eigenvalue weighted by Crippen LogP contribution is -2.53. The number of nitrogens with one attached hydrogen (secondary N) is 2. The van der Waals surface area contributed by atoms with E-state index < -0.39 is 29.9 Å². The molecule has 0 saturated carbocycles. The van der Waals surface area contributed by atoms with Crippen molar-refractivity contribution < 1.29 is 33.8 Å².